The van der Waals surface area contributed by atoms with E-state index < -0.39 is 17.5 Å². The van der Waals surface area contributed by atoms with Crippen LogP contribution < -0.4 is 15.4 Å². The van der Waals surface area contributed by atoms with E-state index in [1.165, 1.54) is 0 Å². The quantitative estimate of drug-likeness (QED) is 0.737. The van der Waals surface area contributed by atoms with Crippen molar-refractivity contribution in [3.05, 3.63) is 47.3 Å². The molecule has 0 saturated heterocycles. The molecule has 0 saturated carbocycles. The Morgan fingerprint density at radius 3 is 2.86 bits per heavy atom. The van der Waals surface area contributed by atoms with Crippen molar-refractivity contribution in [3.63, 3.8) is 0 Å². The normalized spacial score (nSPS) is 15.7. The van der Waals surface area contributed by atoms with Crippen molar-refractivity contribution in [3.8, 4) is 5.75 Å². The molecule has 0 spiro atoms. The van der Waals surface area contributed by atoms with E-state index in [1.807, 2.05) is 18.5 Å². The second-order valence-corrected chi connectivity index (χ2v) is 7.38. The maximum atomic E-state index is 13.5. The van der Waals surface area contributed by atoms with Gasteiger partial charge < -0.3 is 15.4 Å². The van der Waals surface area contributed by atoms with E-state index in [9.17, 15) is 18.4 Å². The Balaban J connectivity index is 1.50. The van der Waals surface area contributed by atoms with Crippen molar-refractivity contribution in [2.45, 2.75) is 39.3 Å². The molecule has 3 rings (SSSR count). The highest BCUT2D eigenvalue weighted by Crippen LogP contribution is 2.23. The van der Waals surface area contributed by atoms with E-state index in [2.05, 4.69) is 15.7 Å². The molecule has 2 N–H and O–H groups in total. The summed E-state index contributed by atoms with van der Waals surface area (Å²) in [5, 5.41) is 9.91. The van der Waals surface area contributed by atoms with E-state index in [0.29, 0.717) is 31.1 Å². The fourth-order valence-electron chi connectivity index (χ4n) is 3.25. The van der Waals surface area contributed by atoms with Gasteiger partial charge in [0.2, 0.25) is 0 Å². The van der Waals surface area contributed by atoms with Gasteiger partial charge >= 0.3 is 0 Å². The van der Waals surface area contributed by atoms with Crippen LogP contribution >= 0.6 is 0 Å². The van der Waals surface area contributed by atoms with E-state index in [0.717, 1.165) is 24.2 Å². The molecule has 1 atom stereocenters. The Labute approximate surface area is 167 Å². The van der Waals surface area contributed by atoms with E-state index in [1.54, 1.807) is 6.20 Å². The monoisotopic (exact) mass is 406 g/mol. The maximum absolute atomic E-state index is 13.5. The van der Waals surface area contributed by atoms with E-state index in [-0.39, 0.29) is 30.2 Å². The minimum Gasteiger partial charge on any atom is -0.481 e. The Kier molecular flexibility index (Phi) is 6.46. The van der Waals surface area contributed by atoms with Gasteiger partial charge in [0, 0.05) is 25.2 Å². The zero-order valence-electron chi connectivity index (χ0n) is 16.4. The van der Waals surface area contributed by atoms with Gasteiger partial charge in [-0.2, -0.15) is 5.10 Å². The molecule has 0 radical (unpaired) electrons. The summed E-state index contributed by atoms with van der Waals surface area (Å²) >= 11 is 0. The standard InChI is InChI=1S/C20H24F2N4O3/c1-12(2)25-20(28)15-10-24-26-6-5-13(7-17(15)26)9-23-19(27)11-29-18-4-3-14(21)8-16(18)22/h3-4,8,10,12-13H,5-7,9,11H2,1-2H3,(H,23,27)(H,25,28)/t13-/m1/s1. The smallest absolute Gasteiger partial charge is 0.257 e. The van der Waals surface area contributed by atoms with Crippen LogP contribution in [0.25, 0.3) is 0 Å². The Hall–Kier alpha value is -2.97. The number of ether oxygens (including phenoxy) is 1. The molecule has 29 heavy (non-hydrogen) atoms. The topological polar surface area (TPSA) is 85.3 Å². The van der Waals surface area contributed by atoms with Crippen molar-refractivity contribution in [2.75, 3.05) is 13.2 Å². The summed E-state index contributed by atoms with van der Waals surface area (Å²) in [5.41, 5.74) is 1.42. The number of fused-ring (bicyclic) bond motifs is 1. The molecule has 7 nitrogen and oxygen atoms in total. The number of aryl methyl sites for hydroxylation is 1. The molecule has 1 aromatic carbocycles. The Bertz CT molecular complexity index is 898. The van der Waals surface area contributed by atoms with Gasteiger partial charge in [-0.1, -0.05) is 0 Å². The first kappa shape index (κ1) is 20.8. The molecule has 0 aliphatic carbocycles. The van der Waals surface area contributed by atoms with E-state index >= 15 is 0 Å². The number of nitrogens with one attached hydrogen (secondary N) is 2. The number of carbonyl (C=O) groups is 2. The van der Waals surface area contributed by atoms with Crippen LogP contribution in [-0.2, 0) is 17.8 Å². The molecule has 0 fully saturated rings. The number of aromatic nitrogens is 2. The average Bonchev–Trinajstić information content (AvgIpc) is 3.08. The maximum Gasteiger partial charge on any atom is 0.257 e. The molecule has 0 bridgehead atoms. The fourth-order valence-corrected chi connectivity index (χ4v) is 3.25. The summed E-state index contributed by atoms with van der Waals surface area (Å²) in [6.07, 6.45) is 3.02. The van der Waals surface area contributed by atoms with Gasteiger partial charge in [-0.25, -0.2) is 8.78 Å². The SMILES string of the molecule is CC(C)NC(=O)c1cnn2c1C[C@H](CNC(=O)COc1ccc(F)cc1F)CC2. The minimum absolute atomic E-state index is 0.0302. The van der Waals surface area contributed by atoms with Crippen LogP contribution in [0.15, 0.2) is 24.4 Å². The van der Waals surface area contributed by atoms with Gasteiger partial charge in [0.25, 0.3) is 11.8 Å². The van der Waals surface area contributed by atoms with Crippen LogP contribution in [-0.4, -0.2) is 40.8 Å². The molecule has 1 aliphatic heterocycles. The van der Waals surface area contributed by atoms with Crippen LogP contribution in [0.3, 0.4) is 0 Å². The molecule has 156 valence electrons. The van der Waals surface area contributed by atoms with E-state index in [4.69, 9.17) is 4.74 Å². The number of rotatable bonds is 7. The number of nitrogens with zero attached hydrogens (tertiary/aromatic N) is 2. The lowest BCUT2D eigenvalue weighted by Gasteiger charge is -2.24. The number of halogens is 2. The molecule has 9 heteroatoms. The summed E-state index contributed by atoms with van der Waals surface area (Å²) in [6, 6.07) is 2.94. The number of hydrogen-bond donors (Lipinski definition) is 2. The number of amides is 2. The number of hydrogen-bond acceptors (Lipinski definition) is 4. The van der Waals surface area contributed by atoms with Gasteiger partial charge in [0.15, 0.2) is 18.2 Å². The number of benzene rings is 1. The second kappa shape index (κ2) is 9.02. The van der Waals surface area contributed by atoms with Gasteiger partial charge in [0.1, 0.15) is 5.82 Å². The molecular weight excluding hydrogens is 382 g/mol. The molecule has 2 amide bonds. The molecule has 2 heterocycles. The van der Waals surface area contributed by atoms with Crippen LogP contribution in [0, 0.1) is 17.6 Å². The van der Waals surface area contributed by atoms with Crippen molar-refractivity contribution in [2.24, 2.45) is 5.92 Å². The Morgan fingerprint density at radius 1 is 1.34 bits per heavy atom. The highest BCUT2D eigenvalue weighted by Gasteiger charge is 2.25. The van der Waals surface area contributed by atoms with Crippen molar-refractivity contribution in [1.29, 1.82) is 0 Å². The first-order chi connectivity index (χ1) is 13.8. The van der Waals surface area contributed by atoms with Gasteiger partial charge in [0.05, 0.1) is 17.5 Å². The zero-order chi connectivity index (χ0) is 21.0. The van der Waals surface area contributed by atoms with Crippen LogP contribution in [0.1, 0.15) is 36.3 Å². The first-order valence-electron chi connectivity index (χ1n) is 9.53. The lowest BCUT2D eigenvalue weighted by atomic mass is 9.94. The zero-order valence-corrected chi connectivity index (χ0v) is 16.4. The summed E-state index contributed by atoms with van der Waals surface area (Å²) in [7, 11) is 0. The first-order valence-corrected chi connectivity index (χ1v) is 9.53. The van der Waals surface area contributed by atoms with Crippen molar-refractivity contribution in [1.82, 2.24) is 20.4 Å². The van der Waals surface area contributed by atoms with Crippen LogP contribution in [0.5, 0.6) is 5.75 Å². The fraction of sp³-hybridized carbons (Fsp3) is 0.450. The third-order valence-electron chi connectivity index (χ3n) is 4.68. The largest absolute Gasteiger partial charge is 0.481 e. The highest BCUT2D eigenvalue weighted by atomic mass is 19.1. The predicted octanol–water partition coefficient (Wildman–Crippen LogP) is 2.06. The Morgan fingerprint density at radius 2 is 2.14 bits per heavy atom. The van der Waals surface area contributed by atoms with Crippen molar-refractivity contribution >= 4 is 11.8 Å². The van der Waals surface area contributed by atoms with Gasteiger partial charge in [-0.3, -0.25) is 14.3 Å². The lowest BCUT2D eigenvalue weighted by molar-refractivity contribution is -0.123. The van der Waals surface area contributed by atoms with Crippen LogP contribution in [0.4, 0.5) is 8.78 Å². The third-order valence-corrected chi connectivity index (χ3v) is 4.68. The summed E-state index contributed by atoms with van der Waals surface area (Å²) < 4.78 is 33.4. The summed E-state index contributed by atoms with van der Waals surface area (Å²) in [5.74, 6) is -2.14. The lowest BCUT2D eigenvalue weighted by Crippen LogP contribution is -2.36. The molecule has 1 aromatic heterocycles. The van der Waals surface area contributed by atoms with Gasteiger partial charge in [-0.05, 0) is 44.7 Å². The molecule has 1 aliphatic rings. The molecule has 0 unspecified atom stereocenters. The minimum atomic E-state index is -0.856. The second-order valence-electron chi connectivity index (χ2n) is 7.38. The molecular formula is C20H24F2N4O3. The average molecular weight is 406 g/mol. The highest BCUT2D eigenvalue weighted by molar-refractivity contribution is 5.95. The third kappa shape index (κ3) is 5.30. The predicted molar refractivity (Wildman–Crippen MR) is 102 cm³/mol. The molecule has 2 aromatic rings. The summed E-state index contributed by atoms with van der Waals surface area (Å²) in [4.78, 5) is 24.3. The van der Waals surface area contributed by atoms with Gasteiger partial charge in [-0.15, -0.1) is 0 Å². The summed E-state index contributed by atoms with van der Waals surface area (Å²) in [6.45, 7) is 4.50. The number of carbonyl (C=O) groups excluding carboxylic acids is 2. The van der Waals surface area contributed by atoms with Crippen LogP contribution in [0.2, 0.25) is 0 Å². The van der Waals surface area contributed by atoms with Crippen molar-refractivity contribution < 1.29 is 23.1 Å².